The molecule has 7 nitrogen and oxygen atoms in total. The number of pyridine rings is 1. The van der Waals surface area contributed by atoms with E-state index in [0.717, 1.165) is 5.82 Å². The first-order valence-corrected chi connectivity index (χ1v) is 7.17. The molecule has 2 aromatic heterocycles. The van der Waals surface area contributed by atoms with Crippen molar-refractivity contribution in [1.82, 2.24) is 20.3 Å². The van der Waals surface area contributed by atoms with E-state index in [9.17, 15) is 4.79 Å². The van der Waals surface area contributed by atoms with Crippen molar-refractivity contribution >= 4 is 23.4 Å². The molecule has 2 rings (SSSR count). The van der Waals surface area contributed by atoms with E-state index in [1.807, 2.05) is 32.0 Å². The largest absolute Gasteiger partial charge is 0.368 e. The van der Waals surface area contributed by atoms with Crippen molar-refractivity contribution in [3.63, 3.8) is 0 Å². The molecule has 7 heteroatoms. The van der Waals surface area contributed by atoms with Gasteiger partial charge in [0.1, 0.15) is 23.8 Å². The van der Waals surface area contributed by atoms with Gasteiger partial charge >= 0.3 is 0 Å². The van der Waals surface area contributed by atoms with Crippen LogP contribution in [0.15, 0.2) is 36.8 Å². The van der Waals surface area contributed by atoms with E-state index in [0.29, 0.717) is 24.7 Å². The van der Waals surface area contributed by atoms with Gasteiger partial charge in [-0.15, -0.1) is 0 Å². The summed E-state index contributed by atoms with van der Waals surface area (Å²) in [6, 6.07) is 7.40. The van der Waals surface area contributed by atoms with Crippen LogP contribution in [0.1, 0.15) is 13.8 Å². The molecule has 0 aliphatic heterocycles. The number of aromatic nitrogens is 3. The fourth-order valence-corrected chi connectivity index (χ4v) is 1.67. The first-order chi connectivity index (χ1) is 10.6. The molecule has 0 aliphatic rings. The first-order valence-electron chi connectivity index (χ1n) is 7.17. The number of amides is 1. The van der Waals surface area contributed by atoms with Crippen molar-refractivity contribution < 1.29 is 4.79 Å². The predicted molar refractivity (Wildman–Crippen MR) is 85.9 cm³/mol. The lowest BCUT2D eigenvalue weighted by molar-refractivity contribution is -0.123. The number of carbonyl (C=O) groups excluding carboxylic acids is 1. The van der Waals surface area contributed by atoms with Crippen LogP contribution in [0.5, 0.6) is 0 Å². The van der Waals surface area contributed by atoms with Crippen LogP contribution in [0, 0.1) is 5.92 Å². The molecule has 116 valence electrons. The lowest BCUT2D eigenvalue weighted by atomic mass is 10.2. The standard InChI is InChI=1S/C15H20N6O/c1-11(2)15(22)18-8-7-17-13-9-14(20-10-19-13)21-12-5-3-4-6-16-12/h3-6,9-11H,7-8H2,1-2H3,(H,18,22)(H2,16,17,19,20,21). The smallest absolute Gasteiger partial charge is 0.222 e. The van der Waals surface area contributed by atoms with Gasteiger partial charge in [0.2, 0.25) is 5.91 Å². The maximum atomic E-state index is 11.4. The Morgan fingerprint density at radius 1 is 1.09 bits per heavy atom. The number of nitrogens with zero attached hydrogens (tertiary/aromatic N) is 3. The molecule has 3 N–H and O–H groups in total. The van der Waals surface area contributed by atoms with Crippen molar-refractivity contribution in [2.75, 3.05) is 23.7 Å². The van der Waals surface area contributed by atoms with Crippen LogP contribution >= 0.6 is 0 Å². The summed E-state index contributed by atoms with van der Waals surface area (Å²) in [6.07, 6.45) is 3.18. The zero-order valence-corrected chi connectivity index (χ0v) is 12.7. The average Bonchev–Trinajstić information content (AvgIpc) is 2.52. The maximum absolute atomic E-state index is 11.4. The Morgan fingerprint density at radius 3 is 2.64 bits per heavy atom. The van der Waals surface area contributed by atoms with Crippen LogP contribution < -0.4 is 16.0 Å². The molecular formula is C15H20N6O. The second-order valence-corrected chi connectivity index (χ2v) is 5.00. The molecule has 22 heavy (non-hydrogen) atoms. The quantitative estimate of drug-likeness (QED) is 0.675. The van der Waals surface area contributed by atoms with E-state index >= 15 is 0 Å². The summed E-state index contributed by atoms with van der Waals surface area (Å²) in [7, 11) is 0. The molecule has 2 heterocycles. The predicted octanol–water partition coefficient (Wildman–Crippen LogP) is 1.80. The SMILES string of the molecule is CC(C)C(=O)NCCNc1cc(Nc2ccccn2)ncn1. The molecule has 0 radical (unpaired) electrons. The molecule has 0 fully saturated rings. The Balaban J connectivity index is 1.83. The van der Waals surface area contributed by atoms with Gasteiger partial charge in [-0.1, -0.05) is 19.9 Å². The molecule has 0 aromatic carbocycles. The number of anilines is 3. The van der Waals surface area contributed by atoms with Crippen molar-refractivity contribution in [1.29, 1.82) is 0 Å². The first kappa shape index (κ1) is 15.7. The molecule has 2 aromatic rings. The van der Waals surface area contributed by atoms with Gasteiger partial charge in [0.15, 0.2) is 0 Å². The molecule has 0 saturated heterocycles. The Morgan fingerprint density at radius 2 is 1.91 bits per heavy atom. The van der Waals surface area contributed by atoms with Crippen LogP contribution in [-0.2, 0) is 4.79 Å². The molecule has 0 bridgehead atoms. The van der Waals surface area contributed by atoms with Gasteiger partial charge in [-0.3, -0.25) is 4.79 Å². The molecule has 1 amide bonds. The zero-order valence-electron chi connectivity index (χ0n) is 12.7. The van der Waals surface area contributed by atoms with E-state index < -0.39 is 0 Å². The van der Waals surface area contributed by atoms with Gasteiger partial charge in [0, 0.05) is 31.3 Å². The van der Waals surface area contributed by atoms with Gasteiger partial charge in [-0.05, 0) is 12.1 Å². The third-order valence-corrected chi connectivity index (χ3v) is 2.84. The lowest BCUT2D eigenvalue weighted by Crippen LogP contribution is -2.31. The Hall–Kier alpha value is -2.70. The fourth-order valence-electron chi connectivity index (χ4n) is 1.67. The minimum Gasteiger partial charge on any atom is -0.368 e. The number of hydrogen-bond donors (Lipinski definition) is 3. The molecular weight excluding hydrogens is 280 g/mol. The second-order valence-electron chi connectivity index (χ2n) is 5.00. The fraction of sp³-hybridized carbons (Fsp3) is 0.333. The third kappa shape index (κ3) is 5.01. The molecule has 0 unspecified atom stereocenters. The summed E-state index contributed by atoms with van der Waals surface area (Å²) >= 11 is 0. The summed E-state index contributed by atoms with van der Waals surface area (Å²) in [5.41, 5.74) is 0. The summed E-state index contributed by atoms with van der Waals surface area (Å²) in [5.74, 6) is 2.10. The number of nitrogens with one attached hydrogen (secondary N) is 3. The molecule has 0 saturated carbocycles. The van der Waals surface area contributed by atoms with Crippen molar-refractivity contribution in [3.8, 4) is 0 Å². The average molecular weight is 300 g/mol. The van der Waals surface area contributed by atoms with Crippen LogP contribution in [0.25, 0.3) is 0 Å². The highest BCUT2D eigenvalue weighted by Gasteiger charge is 2.05. The summed E-state index contributed by atoms with van der Waals surface area (Å²) in [5, 5.41) is 9.07. The van der Waals surface area contributed by atoms with Crippen LogP contribution in [0.2, 0.25) is 0 Å². The van der Waals surface area contributed by atoms with E-state index in [-0.39, 0.29) is 11.8 Å². The highest BCUT2D eigenvalue weighted by Crippen LogP contribution is 2.13. The van der Waals surface area contributed by atoms with Gasteiger partial charge in [0.25, 0.3) is 0 Å². The summed E-state index contributed by atoms with van der Waals surface area (Å²) in [4.78, 5) is 23.9. The highest BCUT2D eigenvalue weighted by atomic mass is 16.1. The molecule has 0 spiro atoms. The van der Waals surface area contributed by atoms with E-state index in [2.05, 4.69) is 30.9 Å². The van der Waals surface area contributed by atoms with Gasteiger partial charge in [-0.2, -0.15) is 0 Å². The van der Waals surface area contributed by atoms with Crippen molar-refractivity contribution in [2.24, 2.45) is 5.92 Å². The number of hydrogen-bond acceptors (Lipinski definition) is 6. The number of carbonyl (C=O) groups is 1. The minimum absolute atomic E-state index is 0.00627. The summed E-state index contributed by atoms with van der Waals surface area (Å²) < 4.78 is 0. The second kappa shape index (κ2) is 7.92. The lowest BCUT2D eigenvalue weighted by Gasteiger charge is -2.10. The Kier molecular flexibility index (Phi) is 5.65. The minimum atomic E-state index is -0.00627. The van der Waals surface area contributed by atoms with E-state index in [1.54, 1.807) is 12.3 Å². The maximum Gasteiger partial charge on any atom is 0.222 e. The Bertz CT molecular complexity index is 602. The summed E-state index contributed by atoms with van der Waals surface area (Å²) in [6.45, 7) is 4.87. The van der Waals surface area contributed by atoms with Crippen molar-refractivity contribution in [2.45, 2.75) is 13.8 Å². The third-order valence-electron chi connectivity index (χ3n) is 2.84. The van der Waals surface area contributed by atoms with Crippen LogP contribution in [-0.4, -0.2) is 33.9 Å². The van der Waals surface area contributed by atoms with Crippen LogP contribution in [0.3, 0.4) is 0 Å². The van der Waals surface area contributed by atoms with E-state index in [1.165, 1.54) is 6.33 Å². The number of rotatable bonds is 7. The van der Waals surface area contributed by atoms with Crippen LogP contribution in [0.4, 0.5) is 17.5 Å². The monoisotopic (exact) mass is 300 g/mol. The van der Waals surface area contributed by atoms with E-state index in [4.69, 9.17) is 0 Å². The highest BCUT2D eigenvalue weighted by molar-refractivity contribution is 5.77. The molecule has 0 aliphatic carbocycles. The normalized spacial score (nSPS) is 10.3. The van der Waals surface area contributed by atoms with Gasteiger partial charge < -0.3 is 16.0 Å². The molecule has 0 atom stereocenters. The zero-order chi connectivity index (χ0) is 15.8. The van der Waals surface area contributed by atoms with Gasteiger partial charge in [-0.25, -0.2) is 15.0 Å². The van der Waals surface area contributed by atoms with Gasteiger partial charge in [0.05, 0.1) is 0 Å². The van der Waals surface area contributed by atoms with Crippen molar-refractivity contribution in [3.05, 3.63) is 36.8 Å². The topological polar surface area (TPSA) is 91.8 Å². The Labute approximate surface area is 129 Å².